The third-order valence-electron chi connectivity index (χ3n) is 4.33. The van der Waals surface area contributed by atoms with Gasteiger partial charge >= 0.3 is 5.97 Å². The number of fused-ring (bicyclic) bond motifs is 1. The zero-order chi connectivity index (χ0) is 10.7. The van der Waals surface area contributed by atoms with E-state index in [0.717, 1.165) is 11.8 Å². The molecule has 2 aliphatic carbocycles. The van der Waals surface area contributed by atoms with Crippen molar-refractivity contribution in [2.45, 2.75) is 51.4 Å². The summed E-state index contributed by atoms with van der Waals surface area (Å²) in [6.45, 7) is 0. The maximum absolute atomic E-state index is 11.2. The van der Waals surface area contributed by atoms with E-state index in [0.29, 0.717) is 12.3 Å². The quantitative estimate of drug-likeness (QED) is 0.654. The van der Waals surface area contributed by atoms with Crippen molar-refractivity contribution < 1.29 is 9.53 Å². The second kappa shape index (κ2) is 5.00. The standard InChI is InChI=1S/C13H22O2/c1-15-13(14)9-10-6-7-11-4-2-3-5-12(11)8-10/h10-12H,2-9H2,1H3. The molecule has 3 unspecified atom stereocenters. The fourth-order valence-electron chi connectivity index (χ4n) is 3.48. The van der Waals surface area contributed by atoms with Crippen molar-refractivity contribution in [1.29, 1.82) is 0 Å². The Morgan fingerprint density at radius 1 is 1.13 bits per heavy atom. The molecular formula is C13H22O2. The molecule has 0 aromatic carbocycles. The second-order valence-corrected chi connectivity index (χ2v) is 5.26. The first-order valence-electron chi connectivity index (χ1n) is 6.36. The monoisotopic (exact) mass is 210 g/mol. The Labute approximate surface area is 92.4 Å². The van der Waals surface area contributed by atoms with Gasteiger partial charge in [0.1, 0.15) is 0 Å². The molecule has 86 valence electrons. The van der Waals surface area contributed by atoms with Crippen molar-refractivity contribution >= 4 is 5.97 Å². The Hall–Kier alpha value is -0.530. The molecule has 0 aliphatic heterocycles. The predicted molar refractivity (Wildman–Crippen MR) is 59.4 cm³/mol. The van der Waals surface area contributed by atoms with Gasteiger partial charge in [0, 0.05) is 6.42 Å². The highest BCUT2D eigenvalue weighted by Gasteiger charge is 2.32. The number of methoxy groups -OCH3 is 1. The van der Waals surface area contributed by atoms with E-state index in [-0.39, 0.29) is 5.97 Å². The third kappa shape index (κ3) is 2.73. The summed E-state index contributed by atoms with van der Waals surface area (Å²) in [6, 6.07) is 0. The summed E-state index contributed by atoms with van der Waals surface area (Å²) in [4.78, 5) is 11.2. The van der Waals surface area contributed by atoms with Gasteiger partial charge in [-0.2, -0.15) is 0 Å². The number of esters is 1. The molecule has 0 N–H and O–H groups in total. The van der Waals surface area contributed by atoms with Crippen LogP contribution >= 0.6 is 0 Å². The molecule has 0 aromatic heterocycles. The van der Waals surface area contributed by atoms with E-state index in [1.54, 1.807) is 0 Å². The first-order chi connectivity index (χ1) is 7.29. The zero-order valence-electron chi connectivity index (χ0n) is 9.71. The lowest BCUT2D eigenvalue weighted by Crippen LogP contribution is -2.28. The van der Waals surface area contributed by atoms with Crippen LogP contribution in [0.4, 0.5) is 0 Å². The number of rotatable bonds is 2. The lowest BCUT2D eigenvalue weighted by Gasteiger charge is -2.39. The van der Waals surface area contributed by atoms with E-state index in [4.69, 9.17) is 4.74 Å². The summed E-state index contributed by atoms with van der Waals surface area (Å²) in [5, 5.41) is 0. The molecule has 0 radical (unpaired) electrons. The Morgan fingerprint density at radius 3 is 2.60 bits per heavy atom. The average Bonchev–Trinajstić information content (AvgIpc) is 2.29. The van der Waals surface area contributed by atoms with Gasteiger partial charge in [-0.25, -0.2) is 0 Å². The maximum atomic E-state index is 11.2. The number of hydrogen-bond acceptors (Lipinski definition) is 2. The van der Waals surface area contributed by atoms with Gasteiger partial charge in [0.25, 0.3) is 0 Å². The van der Waals surface area contributed by atoms with E-state index in [1.165, 1.54) is 52.1 Å². The van der Waals surface area contributed by atoms with E-state index < -0.39 is 0 Å². The zero-order valence-corrected chi connectivity index (χ0v) is 9.71. The largest absolute Gasteiger partial charge is 0.469 e. The maximum Gasteiger partial charge on any atom is 0.305 e. The van der Waals surface area contributed by atoms with Gasteiger partial charge < -0.3 is 4.74 Å². The fraction of sp³-hybridized carbons (Fsp3) is 0.923. The molecule has 2 heteroatoms. The van der Waals surface area contributed by atoms with Gasteiger partial charge in [0.15, 0.2) is 0 Å². The fourth-order valence-corrected chi connectivity index (χ4v) is 3.48. The molecular weight excluding hydrogens is 188 g/mol. The Morgan fingerprint density at radius 2 is 1.87 bits per heavy atom. The first kappa shape index (κ1) is 11.0. The van der Waals surface area contributed by atoms with Crippen molar-refractivity contribution in [3.63, 3.8) is 0 Å². The predicted octanol–water partition coefficient (Wildman–Crippen LogP) is 3.16. The van der Waals surface area contributed by atoms with Crippen LogP contribution in [0.25, 0.3) is 0 Å². The van der Waals surface area contributed by atoms with Gasteiger partial charge in [-0.15, -0.1) is 0 Å². The number of carbonyl (C=O) groups excluding carboxylic acids is 1. The summed E-state index contributed by atoms with van der Waals surface area (Å²) in [6.07, 6.45) is 10.2. The van der Waals surface area contributed by atoms with Gasteiger partial charge in [0.05, 0.1) is 7.11 Å². The van der Waals surface area contributed by atoms with Crippen LogP contribution in [0.15, 0.2) is 0 Å². The molecule has 0 spiro atoms. The Balaban J connectivity index is 1.83. The van der Waals surface area contributed by atoms with Crippen LogP contribution in [-0.4, -0.2) is 13.1 Å². The van der Waals surface area contributed by atoms with Crippen LogP contribution in [-0.2, 0) is 9.53 Å². The van der Waals surface area contributed by atoms with Crippen molar-refractivity contribution in [2.75, 3.05) is 7.11 Å². The molecule has 0 heterocycles. The van der Waals surface area contributed by atoms with E-state index in [1.807, 2.05) is 0 Å². The Kier molecular flexibility index (Phi) is 3.66. The molecule has 3 atom stereocenters. The van der Waals surface area contributed by atoms with Gasteiger partial charge in [0.2, 0.25) is 0 Å². The minimum atomic E-state index is -0.0192. The van der Waals surface area contributed by atoms with Gasteiger partial charge in [-0.3, -0.25) is 4.79 Å². The van der Waals surface area contributed by atoms with Crippen molar-refractivity contribution in [3.8, 4) is 0 Å². The highest BCUT2D eigenvalue weighted by Crippen LogP contribution is 2.43. The molecule has 2 saturated carbocycles. The highest BCUT2D eigenvalue weighted by atomic mass is 16.5. The smallest absolute Gasteiger partial charge is 0.305 e. The van der Waals surface area contributed by atoms with E-state index in [9.17, 15) is 4.79 Å². The third-order valence-corrected chi connectivity index (χ3v) is 4.33. The minimum absolute atomic E-state index is 0.0192. The molecule has 0 aromatic rings. The SMILES string of the molecule is COC(=O)CC1CCC2CCCCC2C1. The van der Waals surface area contributed by atoms with Crippen LogP contribution in [0.5, 0.6) is 0 Å². The number of ether oxygens (including phenoxy) is 1. The average molecular weight is 210 g/mol. The Bertz CT molecular complexity index is 225. The van der Waals surface area contributed by atoms with E-state index in [2.05, 4.69) is 0 Å². The molecule has 2 fully saturated rings. The van der Waals surface area contributed by atoms with Crippen LogP contribution in [0.1, 0.15) is 51.4 Å². The summed E-state index contributed by atoms with van der Waals surface area (Å²) in [5.74, 6) is 2.49. The molecule has 2 rings (SSSR count). The van der Waals surface area contributed by atoms with Crippen LogP contribution in [0.2, 0.25) is 0 Å². The summed E-state index contributed by atoms with van der Waals surface area (Å²) in [5.41, 5.74) is 0. The van der Waals surface area contributed by atoms with Crippen LogP contribution < -0.4 is 0 Å². The molecule has 2 aliphatic rings. The second-order valence-electron chi connectivity index (χ2n) is 5.26. The van der Waals surface area contributed by atoms with Gasteiger partial charge in [-0.1, -0.05) is 25.7 Å². The highest BCUT2D eigenvalue weighted by molar-refractivity contribution is 5.69. The molecule has 0 bridgehead atoms. The topological polar surface area (TPSA) is 26.3 Å². The molecule has 0 amide bonds. The lowest BCUT2D eigenvalue weighted by molar-refractivity contribution is -0.142. The summed E-state index contributed by atoms with van der Waals surface area (Å²) >= 11 is 0. The van der Waals surface area contributed by atoms with Crippen molar-refractivity contribution in [1.82, 2.24) is 0 Å². The van der Waals surface area contributed by atoms with Gasteiger partial charge in [-0.05, 0) is 37.0 Å². The number of hydrogen-bond donors (Lipinski definition) is 0. The normalized spacial score (nSPS) is 35.7. The summed E-state index contributed by atoms with van der Waals surface area (Å²) < 4.78 is 4.75. The molecule has 0 saturated heterocycles. The first-order valence-corrected chi connectivity index (χ1v) is 6.36. The van der Waals surface area contributed by atoms with Crippen LogP contribution in [0.3, 0.4) is 0 Å². The molecule has 15 heavy (non-hydrogen) atoms. The van der Waals surface area contributed by atoms with Crippen molar-refractivity contribution in [3.05, 3.63) is 0 Å². The number of carbonyl (C=O) groups is 1. The summed E-state index contributed by atoms with van der Waals surface area (Å²) in [7, 11) is 1.49. The minimum Gasteiger partial charge on any atom is -0.469 e. The van der Waals surface area contributed by atoms with Crippen LogP contribution in [0, 0.1) is 17.8 Å². The lowest BCUT2D eigenvalue weighted by atomic mass is 9.67. The van der Waals surface area contributed by atoms with Crippen molar-refractivity contribution in [2.24, 2.45) is 17.8 Å². The molecule has 2 nitrogen and oxygen atoms in total. The van der Waals surface area contributed by atoms with E-state index >= 15 is 0 Å².